The Morgan fingerprint density at radius 2 is 1.56 bits per heavy atom. The molecule has 0 saturated carbocycles. The van der Waals surface area contributed by atoms with Crippen LogP contribution < -0.4 is 0 Å². The van der Waals surface area contributed by atoms with Crippen LogP contribution in [-0.2, 0) is 16.0 Å². The van der Waals surface area contributed by atoms with E-state index in [1.165, 1.54) is 6.92 Å². The highest BCUT2D eigenvalue weighted by Crippen LogP contribution is 2.12. The maximum absolute atomic E-state index is 10.7. The molecule has 0 aliphatic rings. The lowest BCUT2D eigenvalue weighted by molar-refractivity contribution is -0.140. The lowest BCUT2D eigenvalue weighted by Gasteiger charge is -2.04. The molecule has 0 spiro atoms. The highest BCUT2D eigenvalue weighted by atomic mass is 16.4. The number of allylic oxidation sites excluding steroid dienone is 1. The lowest BCUT2D eigenvalue weighted by Crippen LogP contribution is -2.14. The number of hydrogen-bond donors (Lipinski definition) is 2. The predicted octanol–water partition coefficient (Wildman–Crippen LogP) is 1.71. The molecule has 0 atom stereocenters. The summed E-state index contributed by atoms with van der Waals surface area (Å²) < 4.78 is 0. The van der Waals surface area contributed by atoms with Crippen LogP contribution in [0.5, 0.6) is 0 Å². The van der Waals surface area contributed by atoms with Gasteiger partial charge in [-0.15, -0.1) is 0 Å². The van der Waals surface area contributed by atoms with Gasteiger partial charge in [-0.05, 0) is 24.5 Å². The summed E-state index contributed by atoms with van der Waals surface area (Å²) >= 11 is 0. The molecule has 4 heteroatoms. The zero-order valence-corrected chi connectivity index (χ0v) is 8.80. The predicted molar refractivity (Wildman–Crippen MR) is 58.1 cm³/mol. The molecule has 0 unspecified atom stereocenters. The van der Waals surface area contributed by atoms with Gasteiger partial charge in [-0.25, -0.2) is 9.59 Å². The second-order valence-electron chi connectivity index (χ2n) is 3.43. The van der Waals surface area contributed by atoms with Gasteiger partial charge in [0.2, 0.25) is 0 Å². The zero-order valence-electron chi connectivity index (χ0n) is 8.80. The van der Waals surface area contributed by atoms with Gasteiger partial charge in [0.05, 0.1) is 0 Å². The number of aliphatic carboxylic acids is 2. The van der Waals surface area contributed by atoms with Gasteiger partial charge in [0.1, 0.15) is 5.57 Å². The Balaban J connectivity index is 2.99. The van der Waals surface area contributed by atoms with Gasteiger partial charge in [-0.2, -0.15) is 0 Å². The molecule has 0 bridgehead atoms. The van der Waals surface area contributed by atoms with Gasteiger partial charge < -0.3 is 10.2 Å². The van der Waals surface area contributed by atoms with Gasteiger partial charge >= 0.3 is 11.9 Å². The van der Waals surface area contributed by atoms with Crippen LogP contribution >= 0.6 is 0 Å². The third-order valence-corrected chi connectivity index (χ3v) is 2.17. The minimum atomic E-state index is -1.40. The Kier molecular flexibility index (Phi) is 3.83. The molecule has 1 rings (SSSR count). The first-order valence-corrected chi connectivity index (χ1v) is 4.72. The van der Waals surface area contributed by atoms with Crippen LogP contribution in [0.2, 0.25) is 0 Å². The van der Waals surface area contributed by atoms with Crippen molar-refractivity contribution >= 4 is 11.9 Å². The molecule has 0 fully saturated rings. The normalized spacial score (nSPS) is 9.56. The second-order valence-corrected chi connectivity index (χ2v) is 3.43. The zero-order chi connectivity index (χ0) is 12.1. The molecule has 0 amide bonds. The number of hydrogen-bond acceptors (Lipinski definition) is 2. The molecular weight excluding hydrogens is 208 g/mol. The Labute approximate surface area is 92.8 Å². The summed E-state index contributed by atoms with van der Waals surface area (Å²) in [4.78, 5) is 21.5. The Morgan fingerprint density at radius 3 is 2.00 bits per heavy atom. The number of carboxylic acid groups (broad SMARTS) is 2. The molecule has 16 heavy (non-hydrogen) atoms. The quantitative estimate of drug-likeness (QED) is 0.460. The molecule has 0 radical (unpaired) electrons. The van der Waals surface area contributed by atoms with Crippen molar-refractivity contribution in [1.29, 1.82) is 0 Å². The van der Waals surface area contributed by atoms with E-state index in [1.54, 1.807) is 0 Å². The molecule has 1 aromatic rings. The number of benzene rings is 1. The molecule has 84 valence electrons. The van der Waals surface area contributed by atoms with Crippen molar-refractivity contribution in [3.8, 4) is 0 Å². The minimum absolute atomic E-state index is 0.328. The summed E-state index contributed by atoms with van der Waals surface area (Å²) in [6, 6.07) is 9.14. The summed E-state index contributed by atoms with van der Waals surface area (Å²) in [5, 5.41) is 17.5. The monoisotopic (exact) mass is 220 g/mol. The van der Waals surface area contributed by atoms with E-state index in [0.29, 0.717) is 12.0 Å². The molecular formula is C12H12O4. The van der Waals surface area contributed by atoms with E-state index >= 15 is 0 Å². The van der Waals surface area contributed by atoms with E-state index in [2.05, 4.69) is 0 Å². The minimum Gasteiger partial charge on any atom is -0.477 e. The topological polar surface area (TPSA) is 74.6 Å². The van der Waals surface area contributed by atoms with Crippen LogP contribution in [0.25, 0.3) is 0 Å². The van der Waals surface area contributed by atoms with E-state index in [-0.39, 0.29) is 0 Å². The molecule has 4 nitrogen and oxygen atoms in total. The van der Waals surface area contributed by atoms with Crippen LogP contribution in [0.15, 0.2) is 41.5 Å². The SMILES string of the molecule is CC(Cc1ccccc1)=C(C(=O)O)C(=O)O. The van der Waals surface area contributed by atoms with Crippen LogP contribution in [0, 0.1) is 0 Å². The average Bonchev–Trinajstić information content (AvgIpc) is 2.17. The molecule has 0 aliphatic heterocycles. The van der Waals surface area contributed by atoms with Crippen LogP contribution in [0.1, 0.15) is 12.5 Å². The van der Waals surface area contributed by atoms with Crippen molar-refractivity contribution in [2.45, 2.75) is 13.3 Å². The van der Waals surface area contributed by atoms with Gasteiger partial charge in [0, 0.05) is 0 Å². The summed E-state index contributed by atoms with van der Waals surface area (Å²) in [5.74, 6) is -2.80. The average molecular weight is 220 g/mol. The molecule has 0 heterocycles. The first kappa shape index (κ1) is 12.0. The van der Waals surface area contributed by atoms with E-state index in [0.717, 1.165) is 5.56 Å². The molecule has 0 aromatic heterocycles. The van der Waals surface area contributed by atoms with Crippen molar-refractivity contribution in [3.05, 3.63) is 47.0 Å². The van der Waals surface area contributed by atoms with E-state index in [1.807, 2.05) is 30.3 Å². The fraction of sp³-hybridized carbons (Fsp3) is 0.167. The number of rotatable bonds is 4. The fourth-order valence-corrected chi connectivity index (χ4v) is 1.45. The summed E-state index contributed by atoms with van der Waals surface area (Å²) in [6.07, 6.45) is 0.328. The van der Waals surface area contributed by atoms with Crippen molar-refractivity contribution in [1.82, 2.24) is 0 Å². The molecule has 0 aliphatic carbocycles. The van der Waals surface area contributed by atoms with Gasteiger partial charge in [0.15, 0.2) is 0 Å². The van der Waals surface area contributed by atoms with Gasteiger partial charge in [0.25, 0.3) is 0 Å². The third-order valence-electron chi connectivity index (χ3n) is 2.17. The highest BCUT2D eigenvalue weighted by Gasteiger charge is 2.19. The molecule has 1 aromatic carbocycles. The standard InChI is InChI=1S/C12H12O4/c1-8(10(11(13)14)12(15)16)7-9-5-3-2-4-6-9/h2-6H,7H2,1H3,(H,13,14)(H,15,16). The van der Waals surface area contributed by atoms with Crippen LogP contribution in [-0.4, -0.2) is 22.2 Å². The van der Waals surface area contributed by atoms with E-state index in [4.69, 9.17) is 10.2 Å². The van der Waals surface area contributed by atoms with Crippen LogP contribution in [0.3, 0.4) is 0 Å². The summed E-state index contributed by atoms with van der Waals surface area (Å²) in [7, 11) is 0. The van der Waals surface area contributed by atoms with Gasteiger partial charge in [-0.1, -0.05) is 30.3 Å². The van der Waals surface area contributed by atoms with E-state index < -0.39 is 17.5 Å². The van der Waals surface area contributed by atoms with Crippen molar-refractivity contribution < 1.29 is 19.8 Å². The Morgan fingerprint density at radius 1 is 1.06 bits per heavy atom. The maximum atomic E-state index is 10.7. The first-order chi connectivity index (χ1) is 7.52. The van der Waals surface area contributed by atoms with Gasteiger partial charge in [-0.3, -0.25) is 0 Å². The number of carbonyl (C=O) groups is 2. The highest BCUT2D eigenvalue weighted by molar-refractivity contribution is 6.13. The van der Waals surface area contributed by atoms with Crippen LogP contribution in [0.4, 0.5) is 0 Å². The first-order valence-electron chi connectivity index (χ1n) is 4.72. The second kappa shape index (κ2) is 5.11. The molecule has 0 saturated heterocycles. The van der Waals surface area contributed by atoms with Crippen molar-refractivity contribution in [2.75, 3.05) is 0 Å². The third kappa shape index (κ3) is 2.95. The smallest absolute Gasteiger partial charge is 0.343 e. The largest absolute Gasteiger partial charge is 0.477 e. The number of carboxylic acids is 2. The lowest BCUT2D eigenvalue weighted by atomic mass is 10.0. The summed E-state index contributed by atoms with van der Waals surface area (Å²) in [5.41, 5.74) is 0.676. The Hall–Kier alpha value is -2.10. The van der Waals surface area contributed by atoms with Crippen molar-refractivity contribution in [3.63, 3.8) is 0 Å². The Bertz CT molecular complexity index is 416. The molecule has 2 N–H and O–H groups in total. The maximum Gasteiger partial charge on any atom is 0.343 e. The van der Waals surface area contributed by atoms with E-state index in [9.17, 15) is 9.59 Å². The summed E-state index contributed by atoms with van der Waals surface area (Å²) in [6.45, 7) is 1.52. The fourth-order valence-electron chi connectivity index (χ4n) is 1.45. The van der Waals surface area contributed by atoms with Crippen molar-refractivity contribution in [2.24, 2.45) is 0 Å².